The molecule has 0 aliphatic heterocycles. The maximum Gasteiger partial charge on any atom is 0.227 e. The minimum absolute atomic E-state index is 0.232. The van der Waals surface area contributed by atoms with E-state index >= 15 is 0 Å². The van der Waals surface area contributed by atoms with Gasteiger partial charge in [-0.15, -0.1) is 0 Å². The molecule has 1 N–H and O–H groups in total. The Bertz CT molecular complexity index is 455. The predicted octanol–water partition coefficient (Wildman–Crippen LogP) is 4.40. The highest BCUT2D eigenvalue weighted by Gasteiger charge is 2.47. The quantitative estimate of drug-likeness (QED) is 0.763. The number of amides is 1. The predicted molar refractivity (Wildman–Crippen MR) is 82.6 cm³/mol. The molecule has 0 saturated heterocycles. The van der Waals surface area contributed by atoms with Gasteiger partial charge in [0.1, 0.15) is 0 Å². The molecular formula is C18H25NO. The molecule has 2 aliphatic carbocycles. The summed E-state index contributed by atoms with van der Waals surface area (Å²) in [7, 11) is 0. The first-order valence-corrected chi connectivity index (χ1v) is 8.16. The van der Waals surface area contributed by atoms with Gasteiger partial charge in [0.15, 0.2) is 0 Å². The van der Waals surface area contributed by atoms with Gasteiger partial charge in [-0.05, 0) is 61.6 Å². The zero-order chi connectivity index (χ0) is 13.9. The number of hydrogen-bond donors (Lipinski definition) is 1. The van der Waals surface area contributed by atoms with Crippen molar-refractivity contribution in [1.82, 2.24) is 0 Å². The molecule has 20 heavy (non-hydrogen) atoms. The first-order chi connectivity index (χ1) is 9.76. The number of aryl methyl sites for hydroxylation is 1. The summed E-state index contributed by atoms with van der Waals surface area (Å²) in [5, 5.41) is 3.08. The molecule has 1 aromatic carbocycles. The van der Waals surface area contributed by atoms with Gasteiger partial charge in [-0.3, -0.25) is 4.79 Å². The Balaban J connectivity index is 1.48. The average Bonchev–Trinajstić information content (AvgIpc) is 3.07. The van der Waals surface area contributed by atoms with E-state index in [-0.39, 0.29) is 11.8 Å². The summed E-state index contributed by atoms with van der Waals surface area (Å²) in [6, 6.07) is 8.40. The largest absolute Gasteiger partial charge is 0.326 e. The molecule has 0 heterocycles. The molecule has 0 radical (unpaired) electrons. The van der Waals surface area contributed by atoms with Gasteiger partial charge in [-0.25, -0.2) is 0 Å². The van der Waals surface area contributed by atoms with Crippen LogP contribution < -0.4 is 5.32 Å². The molecule has 1 aromatic rings. The van der Waals surface area contributed by atoms with Crippen LogP contribution in [-0.2, 0) is 11.2 Å². The molecule has 0 aromatic heterocycles. The van der Waals surface area contributed by atoms with Crippen LogP contribution >= 0.6 is 0 Å². The highest BCUT2D eigenvalue weighted by molar-refractivity contribution is 5.92. The highest BCUT2D eigenvalue weighted by Crippen LogP contribution is 2.54. The maximum atomic E-state index is 12.2. The van der Waals surface area contributed by atoms with Crippen LogP contribution in [0.2, 0.25) is 0 Å². The van der Waals surface area contributed by atoms with E-state index in [1.54, 1.807) is 0 Å². The Kier molecular flexibility index (Phi) is 4.09. The Labute approximate surface area is 122 Å². The fourth-order valence-corrected chi connectivity index (χ4v) is 3.51. The molecular weight excluding hydrogens is 246 g/mol. The molecule has 2 aliphatic rings. The van der Waals surface area contributed by atoms with Crippen LogP contribution in [0.4, 0.5) is 5.69 Å². The van der Waals surface area contributed by atoms with Crippen LogP contribution in [-0.4, -0.2) is 5.91 Å². The smallest absolute Gasteiger partial charge is 0.227 e. The monoisotopic (exact) mass is 271 g/mol. The summed E-state index contributed by atoms with van der Waals surface area (Å²) in [5.74, 6) is 2.23. The Morgan fingerprint density at radius 3 is 2.45 bits per heavy atom. The Hall–Kier alpha value is -1.31. The number of unbranched alkanes of at least 4 members (excludes halogenated alkanes) is 2. The lowest BCUT2D eigenvalue weighted by Crippen LogP contribution is -2.21. The van der Waals surface area contributed by atoms with Crippen molar-refractivity contribution in [3.05, 3.63) is 29.8 Å². The molecule has 2 nitrogen and oxygen atoms in total. The first kappa shape index (κ1) is 13.7. The lowest BCUT2D eigenvalue weighted by molar-refractivity contribution is -0.120. The first-order valence-electron chi connectivity index (χ1n) is 8.16. The van der Waals surface area contributed by atoms with E-state index in [4.69, 9.17) is 0 Å². The second-order valence-electron chi connectivity index (χ2n) is 6.57. The third kappa shape index (κ3) is 3.23. The summed E-state index contributed by atoms with van der Waals surface area (Å²) in [4.78, 5) is 12.2. The summed E-state index contributed by atoms with van der Waals surface area (Å²) in [6.45, 7) is 2.23. The average molecular weight is 271 g/mol. The Morgan fingerprint density at radius 2 is 1.80 bits per heavy atom. The molecule has 3 rings (SSSR count). The van der Waals surface area contributed by atoms with Crippen LogP contribution in [0.1, 0.15) is 51.0 Å². The minimum Gasteiger partial charge on any atom is -0.326 e. The van der Waals surface area contributed by atoms with Crippen molar-refractivity contribution in [3.8, 4) is 0 Å². The summed E-state index contributed by atoms with van der Waals surface area (Å²) in [6.07, 6.45) is 8.56. The standard InChI is InChI=1S/C18H25NO/c1-2-3-4-5-13-6-8-17(9-7-13)19-18(20)16-11-14-10-15(14)12-16/h6-9,14-16H,2-5,10-12H2,1H3,(H,19,20). The number of fused-ring (bicyclic) bond motifs is 1. The van der Waals surface area contributed by atoms with Gasteiger partial charge < -0.3 is 5.32 Å². The van der Waals surface area contributed by atoms with E-state index in [2.05, 4.69) is 36.5 Å². The van der Waals surface area contributed by atoms with Crippen molar-refractivity contribution in [2.45, 2.75) is 51.9 Å². The molecule has 2 fully saturated rings. The van der Waals surface area contributed by atoms with Crippen LogP contribution in [0.15, 0.2) is 24.3 Å². The summed E-state index contributed by atoms with van der Waals surface area (Å²) < 4.78 is 0. The van der Waals surface area contributed by atoms with Gasteiger partial charge in [0.25, 0.3) is 0 Å². The summed E-state index contributed by atoms with van der Waals surface area (Å²) in [5.41, 5.74) is 2.33. The molecule has 2 unspecified atom stereocenters. The van der Waals surface area contributed by atoms with Gasteiger partial charge in [0.05, 0.1) is 0 Å². The van der Waals surface area contributed by atoms with E-state index in [0.717, 1.165) is 36.8 Å². The topological polar surface area (TPSA) is 29.1 Å². The van der Waals surface area contributed by atoms with Crippen molar-refractivity contribution >= 4 is 11.6 Å². The highest BCUT2D eigenvalue weighted by atomic mass is 16.1. The van der Waals surface area contributed by atoms with Crippen LogP contribution in [0, 0.1) is 17.8 Å². The fraction of sp³-hybridized carbons (Fsp3) is 0.611. The number of benzene rings is 1. The van der Waals surface area contributed by atoms with E-state index < -0.39 is 0 Å². The molecule has 2 heteroatoms. The van der Waals surface area contributed by atoms with E-state index in [1.807, 2.05) is 0 Å². The fourth-order valence-electron chi connectivity index (χ4n) is 3.51. The molecule has 2 atom stereocenters. The number of nitrogens with one attached hydrogen (secondary N) is 1. The van der Waals surface area contributed by atoms with Crippen LogP contribution in [0.5, 0.6) is 0 Å². The number of carbonyl (C=O) groups excluding carboxylic acids is 1. The Morgan fingerprint density at radius 1 is 1.10 bits per heavy atom. The third-order valence-corrected chi connectivity index (χ3v) is 4.90. The van der Waals surface area contributed by atoms with Crippen molar-refractivity contribution in [2.24, 2.45) is 17.8 Å². The van der Waals surface area contributed by atoms with E-state index in [1.165, 1.54) is 31.2 Å². The third-order valence-electron chi connectivity index (χ3n) is 4.90. The molecule has 0 bridgehead atoms. The van der Waals surface area contributed by atoms with E-state index in [0.29, 0.717) is 0 Å². The number of anilines is 1. The van der Waals surface area contributed by atoms with Gasteiger partial charge in [0.2, 0.25) is 5.91 Å². The van der Waals surface area contributed by atoms with Crippen molar-refractivity contribution < 1.29 is 4.79 Å². The van der Waals surface area contributed by atoms with Gasteiger partial charge in [0, 0.05) is 11.6 Å². The zero-order valence-corrected chi connectivity index (χ0v) is 12.4. The zero-order valence-electron chi connectivity index (χ0n) is 12.4. The summed E-state index contributed by atoms with van der Waals surface area (Å²) >= 11 is 0. The van der Waals surface area contributed by atoms with Crippen molar-refractivity contribution in [1.29, 1.82) is 0 Å². The number of hydrogen-bond acceptors (Lipinski definition) is 1. The lowest BCUT2D eigenvalue weighted by Gasteiger charge is -2.12. The number of carbonyl (C=O) groups is 1. The van der Waals surface area contributed by atoms with Gasteiger partial charge in [-0.1, -0.05) is 31.9 Å². The minimum atomic E-state index is 0.232. The van der Waals surface area contributed by atoms with Gasteiger partial charge in [-0.2, -0.15) is 0 Å². The lowest BCUT2D eigenvalue weighted by atomic mass is 10.0. The molecule has 108 valence electrons. The van der Waals surface area contributed by atoms with Gasteiger partial charge >= 0.3 is 0 Å². The molecule has 1 amide bonds. The molecule has 0 spiro atoms. The normalized spacial score (nSPS) is 27.1. The van der Waals surface area contributed by atoms with Crippen LogP contribution in [0.25, 0.3) is 0 Å². The maximum absolute atomic E-state index is 12.2. The van der Waals surface area contributed by atoms with Crippen molar-refractivity contribution in [3.63, 3.8) is 0 Å². The second-order valence-corrected chi connectivity index (χ2v) is 6.57. The van der Waals surface area contributed by atoms with Crippen LogP contribution in [0.3, 0.4) is 0 Å². The number of rotatable bonds is 6. The second kappa shape index (κ2) is 5.99. The van der Waals surface area contributed by atoms with E-state index in [9.17, 15) is 4.79 Å². The molecule has 2 saturated carbocycles. The van der Waals surface area contributed by atoms with Crippen molar-refractivity contribution in [2.75, 3.05) is 5.32 Å². The SMILES string of the molecule is CCCCCc1ccc(NC(=O)C2CC3CC3C2)cc1.